The maximum atomic E-state index is 13.0. The molecule has 1 atom stereocenters. The summed E-state index contributed by atoms with van der Waals surface area (Å²) in [6, 6.07) is 13.6. The van der Waals surface area contributed by atoms with Gasteiger partial charge in [-0.15, -0.1) is 0 Å². The highest BCUT2D eigenvalue weighted by molar-refractivity contribution is 5.94. The molecule has 5 aliphatic rings. The lowest BCUT2D eigenvalue weighted by atomic mass is 9.48. The second kappa shape index (κ2) is 9.90. The Labute approximate surface area is 225 Å². The number of carbonyl (C=O) groups excluding carboxylic acids is 1. The third-order valence-electron chi connectivity index (χ3n) is 10.1. The van der Waals surface area contributed by atoms with Crippen LogP contribution in [0.2, 0.25) is 0 Å². The van der Waals surface area contributed by atoms with Crippen molar-refractivity contribution in [3.05, 3.63) is 63.7 Å². The van der Waals surface area contributed by atoms with Crippen molar-refractivity contribution in [1.82, 2.24) is 4.90 Å². The van der Waals surface area contributed by atoms with Gasteiger partial charge in [-0.2, -0.15) is 0 Å². The molecule has 7 nitrogen and oxygen atoms in total. The van der Waals surface area contributed by atoms with Gasteiger partial charge in [-0.3, -0.25) is 14.9 Å². The number of benzene rings is 2. The quantitative estimate of drug-likeness (QED) is 0.353. The van der Waals surface area contributed by atoms with E-state index < -0.39 is 0 Å². The fourth-order valence-corrected chi connectivity index (χ4v) is 8.32. The van der Waals surface area contributed by atoms with Crippen molar-refractivity contribution in [1.29, 1.82) is 0 Å². The van der Waals surface area contributed by atoms with E-state index in [0.717, 1.165) is 35.4 Å². The summed E-state index contributed by atoms with van der Waals surface area (Å²) in [4.78, 5) is 28.9. The Bertz CT molecular complexity index is 1170. The van der Waals surface area contributed by atoms with E-state index in [1.165, 1.54) is 44.1 Å². The number of nitro benzene ring substituents is 1. The van der Waals surface area contributed by atoms with Crippen LogP contribution in [-0.2, 0) is 6.42 Å². The molecule has 7 rings (SSSR count). The van der Waals surface area contributed by atoms with Crippen LogP contribution >= 0.6 is 0 Å². The number of hydrogen-bond acceptors (Lipinski definition) is 5. The summed E-state index contributed by atoms with van der Waals surface area (Å²) in [5.41, 5.74) is 3.98. The average Bonchev–Trinajstić information content (AvgIpc) is 2.92. The first-order chi connectivity index (χ1) is 18.3. The highest BCUT2D eigenvalue weighted by atomic mass is 16.6. The molecule has 4 aliphatic carbocycles. The largest absolute Gasteiger partial charge is 0.376 e. The molecule has 0 spiro atoms. The predicted octanol–water partition coefficient (Wildman–Crippen LogP) is 6.14. The Morgan fingerprint density at radius 3 is 2.16 bits per heavy atom. The van der Waals surface area contributed by atoms with E-state index in [-0.39, 0.29) is 28.0 Å². The summed E-state index contributed by atoms with van der Waals surface area (Å²) >= 11 is 0. The molecule has 2 aromatic rings. The summed E-state index contributed by atoms with van der Waals surface area (Å²) < 4.78 is 0. The molecule has 5 fully saturated rings. The van der Waals surface area contributed by atoms with Crippen LogP contribution in [0.4, 0.5) is 17.1 Å². The Hall–Kier alpha value is -3.09. The number of nitro groups is 1. The first-order valence-electron chi connectivity index (χ1n) is 14.5. The van der Waals surface area contributed by atoms with Gasteiger partial charge in [0.2, 0.25) is 0 Å². The van der Waals surface area contributed by atoms with Gasteiger partial charge in [-0.25, -0.2) is 0 Å². The molecule has 7 heteroatoms. The van der Waals surface area contributed by atoms with E-state index in [2.05, 4.69) is 24.1 Å². The second-order valence-corrected chi connectivity index (χ2v) is 12.4. The van der Waals surface area contributed by atoms with Crippen molar-refractivity contribution >= 4 is 23.0 Å². The Morgan fingerprint density at radius 2 is 1.61 bits per heavy atom. The topological polar surface area (TPSA) is 78.7 Å². The van der Waals surface area contributed by atoms with Gasteiger partial charge in [0.25, 0.3) is 11.6 Å². The summed E-state index contributed by atoms with van der Waals surface area (Å²) in [7, 11) is 0. The lowest BCUT2D eigenvalue weighted by molar-refractivity contribution is -0.384. The number of nitrogens with zero attached hydrogens (tertiary/aromatic N) is 3. The molecule has 1 saturated heterocycles. The van der Waals surface area contributed by atoms with Gasteiger partial charge in [-0.1, -0.05) is 19.1 Å². The molecule has 1 N–H and O–H groups in total. The van der Waals surface area contributed by atoms with Crippen molar-refractivity contribution in [3.8, 4) is 0 Å². The van der Waals surface area contributed by atoms with Gasteiger partial charge in [-0.05, 0) is 105 Å². The predicted molar refractivity (Wildman–Crippen MR) is 151 cm³/mol. The van der Waals surface area contributed by atoms with Crippen LogP contribution in [0.1, 0.15) is 68.3 Å². The van der Waals surface area contributed by atoms with Crippen LogP contribution in [0.15, 0.2) is 42.5 Å². The van der Waals surface area contributed by atoms with E-state index in [0.29, 0.717) is 31.9 Å². The number of aryl methyl sites for hydroxylation is 1. The second-order valence-electron chi connectivity index (χ2n) is 12.4. The smallest absolute Gasteiger partial charge is 0.292 e. The number of anilines is 2. The lowest BCUT2D eigenvalue weighted by Crippen LogP contribution is -2.53. The number of rotatable bonds is 7. The van der Waals surface area contributed by atoms with Crippen LogP contribution < -0.4 is 10.2 Å². The molecule has 1 aliphatic heterocycles. The van der Waals surface area contributed by atoms with Crippen molar-refractivity contribution in [2.24, 2.45) is 23.2 Å². The van der Waals surface area contributed by atoms with Gasteiger partial charge in [0.1, 0.15) is 5.69 Å². The highest BCUT2D eigenvalue weighted by Crippen LogP contribution is 2.61. The minimum Gasteiger partial charge on any atom is -0.376 e. The van der Waals surface area contributed by atoms with E-state index in [1.54, 1.807) is 6.07 Å². The van der Waals surface area contributed by atoms with Crippen LogP contribution in [-0.4, -0.2) is 48.0 Å². The molecule has 4 saturated carbocycles. The molecule has 0 unspecified atom stereocenters. The number of carbonyl (C=O) groups is 1. The van der Waals surface area contributed by atoms with Crippen LogP contribution in [0.25, 0.3) is 0 Å². The lowest BCUT2D eigenvalue weighted by Gasteiger charge is -2.59. The molecule has 38 heavy (non-hydrogen) atoms. The average molecular weight is 517 g/mol. The Balaban J connectivity index is 1.15. The van der Waals surface area contributed by atoms with E-state index in [4.69, 9.17) is 0 Å². The molecular weight excluding hydrogens is 476 g/mol. The molecule has 0 aromatic heterocycles. The third-order valence-corrected chi connectivity index (χ3v) is 10.1. The fourth-order valence-electron chi connectivity index (χ4n) is 8.32. The number of piperazine rings is 1. The van der Waals surface area contributed by atoms with Crippen LogP contribution in [0, 0.1) is 33.3 Å². The Kier molecular flexibility index (Phi) is 6.57. The number of nitrogens with one attached hydrogen (secondary N) is 1. The summed E-state index contributed by atoms with van der Waals surface area (Å²) in [6.07, 6.45) is 8.91. The van der Waals surface area contributed by atoms with Crippen molar-refractivity contribution in [2.75, 3.05) is 36.4 Å². The van der Waals surface area contributed by atoms with Gasteiger partial charge in [0.05, 0.1) is 4.92 Å². The summed E-state index contributed by atoms with van der Waals surface area (Å²) in [5.74, 6) is 2.60. The normalized spacial score (nSPS) is 28.8. The highest BCUT2D eigenvalue weighted by Gasteiger charge is 2.53. The van der Waals surface area contributed by atoms with E-state index in [1.807, 2.05) is 41.3 Å². The molecule has 2 aromatic carbocycles. The van der Waals surface area contributed by atoms with Crippen LogP contribution in [0.3, 0.4) is 0 Å². The third kappa shape index (κ3) is 4.65. The van der Waals surface area contributed by atoms with Gasteiger partial charge < -0.3 is 15.1 Å². The minimum absolute atomic E-state index is 0.0720. The SMILES string of the molecule is CCc1ccc(C(=O)N2CCN(c3ccc([N+](=O)[O-])c(N[C@@H](C)C45CC6CC(CC(C6)C4)C5)c3)CC2)cc1. The first-order valence-corrected chi connectivity index (χ1v) is 14.5. The summed E-state index contributed by atoms with van der Waals surface area (Å²) in [5, 5.41) is 15.6. The minimum atomic E-state index is -0.265. The fraction of sp³-hybridized carbons (Fsp3) is 0.581. The summed E-state index contributed by atoms with van der Waals surface area (Å²) in [6.45, 7) is 7.05. The molecule has 1 amide bonds. The zero-order valence-corrected chi connectivity index (χ0v) is 22.7. The van der Waals surface area contributed by atoms with E-state index >= 15 is 0 Å². The van der Waals surface area contributed by atoms with Crippen LogP contribution in [0.5, 0.6) is 0 Å². The molecular formula is C31H40N4O3. The first kappa shape index (κ1) is 25.2. The maximum Gasteiger partial charge on any atom is 0.292 e. The molecule has 202 valence electrons. The van der Waals surface area contributed by atoms with Crippen molar-refractivity contribution < 1.29 is 9.72 Å². The van der Waals surface area contributed by atoms with Gasteiger partial charge in [0, 0.05) is 49.5 Å². The number of hydrogen-bond donors (Lipinski definition) is 1. The van der Waals surface area contributed by atoms with Crippen molar-refractivity contribution in [3.63, 3.8) is 0 Å². The standard InChI is InChI=1S/C31H40N4O3/c1-3-22-4-6-26(7-5-22)30(36)34-12-10-33(11-13-34)27-8-9-29(35(37)38)28(17-27)32-21(2)31-18-23-14-24(19-31)16-25(15-23)20-31/h4-9,17,21,23-25,32H,3,10-16,18-20H2,1-2H3/t21-,23?,24?,25?,31?/m0/s1. The zero-order valence-electron chi connectivity index (χ0n) is 22.7. The zero-order chi connectivity index (χ0) is 26.4. The molecule has 1 heterocycles. The molecule has 4 bridgehead atoms. The number of amides is 1. The van der Waals surface area contributed by atoms with Crippen molar-refractivity contribution in [2.45, 2.75) is 64.8 Å². The maximum absolute atomic E-state index is 13.0. The monoisotopic (exact) mass is 516 g/mol. The Morgan fingerprint density at radius 1 is 1.00 bits per heavy atom. The van der Waals surface area contributed by atoms with Gasteiger partial charge >= 0.3 is 0 Å². The molecule has 0 radical (unpaired) electrons. The van der Waals surface area contributed by atoms with E-state index in [9.17, 15) is 14.9 Å². The van der Waals surface area contributed by atoms with Gasteiger partial charge in [0.15, 0.2) is 0 Å².